The van der Waals surface area contributed by atoms with Gasteiger partial charge in [0.2, 0.25) is 0 Å². The summed E-state index contributed by atoms with van der Waals surface area (Å²) >= 11 is 0. The molecule has 0 aliphatic heterocycles. The first-order chi connectivity index (χ1) is 8.46. The summed E-state index contributed by atoms with van der Waals surface area (Å²) in [6.45, 7) is 15.1. The van der Waals surface area contributed by atoms with Gasteiger partial charge in [-0.2, -0.15) is 0 Å². The molecule has 0 bridgehead atoms. The van der Waals surface area contributed by atoms with Gasteiger partial charge in [0.15, 0.2) is 0 Å². The Morgan fingerprint density at radius 1 is 1.28 bits per heavy atom. The van der Waals surface area contributed by atoms with E-state index in [0.29, 0.717) is 5.76 Å². The fourth-order valence-corrected chi connectivity index (χ4v) is 1.86. The number of ether oxygens (including phenoxy) is 1. The lowest BCUT2D eigenvalue weighted by Crippen LogP contribution is -2.12. The lowest BCUT2D eigenvalue weighted by molar-refractivity contribution is -0.133. The van der Waals surface area contributed by atoms with E-state index in [2.05, 4.69) is 33.6 Å². The molecule has 0 unspecified atom stereocenters. The van der Waals surface area contributed by atoms with Gasteiger partial charge in [-0.05, 0) is 11.6 Å². The molecule has 0 spiro atoms. The highest BCUT2D eigenvalue weighted by atomic mass is 16.5. The highest BCUT2D eigenvalue weighted by Gasteiger charge is 2.24. The largest absolute Gasteiger partial charge is 0.423 e. The van der Waals surface area contributed by atoms with Crippen molar-refractivity contribution in [2.75, 3.05) is 0 Å². The van der Waals surface area contributed by atoms with Crippen LogP contribution in [0.25, 0.3) is 0 Å². The molecule has 18 heavy (non-hydrogen) atoms. The Morgan fingerprint density at radius 2 is 1.94 bits per heavy atom. The van der Waals surface area contributed by atoms with E-state index >= 15 is 0 Å². The smallest absolute Gasteiger partial charge is 0.335 e. The molecule has 0 aromatic heterocycles. The molecule has 0 aromatic carbocycles. The predicted octanol–water partition coefficient (Wildman–Crippen LogP) is 3.86. The number of carbonyl (C=O) groups is 1. The van der Waals surface area contributed by atoms with Gasteiger partial charge in [0.25, 0.3) is 0 Å². The number of hydrogen-bond donors (Lipinski definition) is 0. The van der Waals surface area contributed by atoms with Gasteiger partial charge in [-0.1, -0.05) is 57.9 Å². The SMILES string of the molecule is C=CC(=O)OC1=CC=CC(C)(C)C(C=C)=C1C=C. The molecule has 1 rings (SSSR count). The molecule has 1 aliphatic carbocycles. The molecule has 94 valence electrons. The van der Waals surface area contributed by atoms with E-state index in [1.165, 1.54) is 0 Å². The summed E-state index contributed by atoms with van der Waals surface area (Å²) in [5.41, 5.74) is 1.55. The van der Waals surface area contributed by atoms with E-state index in [1.807, 2.05) is 12.2 Å². The van der Waals surface area contributed by atoms with E-state index in [1.54, 1.807) is 18.2 Å². The second-order valence-corrected chi connectivity index (χ2v) is 4.47. The second kappa shape index (κ2) is 5.50. The molecule has 0 N–H and O–H groups in total. The molecule has 2 heteroatoms. The van der Waals surface area contributed by atoms with Gasteiger partial charge in [-0.3, -0.25) is 0 Å². The van der Waals surface area contributed by atoms with Crippen molar-refractivity contribution >= 4 is 5.97 Å². The lowest BCUT2D eigenvalue weighted by Gasteiger charge is -2.23. The van der Waals surface area contributed by atoms with Crippen LogP contribution in [0.4, 0.5) is 0 Å². The van der Waals surface area contributed by atoms with Crippen molar-refractivity contribution in [3.8, 4) is 0 Å². The normalized spacial score (nSPS) is 17.6. The average Bonchev–Trinajstić information content (AvgIpc) is 2.44. The van der Waals surface area contributed by atoms with Crippen molar-refractivity contribution in [1.29, 1.82) is 0 Å². The van der Waals surface area contributed by atoms with Gasteiger partial charge < -0.3 is 4.74 Å². The van der Waals surface area contributed by atoms with Crippen LogP contribution >= 0.6 is 0 Å². The van der Waals surface area contributed by atoms with Gasteiger partial charge in [0.1, 0.15) is 5.76 Å². The van der Waals surface area contributed by atoms with Crippen LogP contribution in [-0.2, 0) is 9.53 Å². The Morgan fingerprint density at radius 3 is 2.44 bits per heavy atom. The minimum atomic E-state index is -0.489. The molecule has 0 atom stereocenters. The van der Waals surface area contributed by atoms with Crippen molar-refractivity contribution in [1.82, 2.24) is 0 Å². The Kier molecular flexibility index (Phi) is 4.27. The van der Waals surface area contributed by atoms with Crippen LogP contribution in [0.15, 0.2) is 73.1 Å². The number of rotatable bonds is 4. The summed E-state index contributed by atoms with van der Waals surface area (Å²) in [5, 5.41) is 0. The molecule has 1 aliphatic rings. The maximum atomic E-state index is 11.3. The summed E-state index contributed by atoms with van der Waals surface area (Å²) in [7, 11) is 0. The number of esters is 1. The van der Waals surface area contributed by atoms with Crippen LogP contribution in [0.2, 0.25) is 0 Å². The zero-order chi connectivity index (χ0) is 13.8. The molecule has 0 heterocycles. The summed E-state index contributed by atoms with van der Waals surface area (Å²) in [6.07, 6.45) is 10.2. The van der Waals surface area contributed by atoms with Gasteiger partial charge in [0.05, 0.1) is 0 Å². The van der Waals surface area contributed by atoms with E-state index in [4.69, 9.17) is 4.74 Å². The molecule has 0 amide bonds. The highest BCUT2D eigenvalue weighted by molar-refractivity contribution is 5.82. The Hall–Kier alpha value is -2.09. The fraction of sp³-hybridized carbons (Fsp3) is 0.188. The standard InChI is InChI=1S/C16H18O2/c1-6-12-13(7-2)16(4,5)11-9-10-14(12)18-15(17)8-3/h6-11H,1-3H2,4-5H3. The van der Waals surface area contributed by atoms with Crippen LogP contribution < -0.4 is 0 Å². The van der Waals surface area contributed by atoms with Crippen molar-refractivity contribution in [2.45, 2.75) is 13.8 Å². The van der Waals surface area contributed by atoms with Crippen molar-refractivity contribution in [2.24, 2.45) is 5.41 Å². The summed E-state index contributed by atoms with van der Waals surface area (Å²) in [4.78, 5) is 11.3. The van der Waals surface area contributed by atoms with Gasteiger partial charge in [0, 0.05) is 17.1 Å². The molecule has 0 aromatic rings. The monoisotopic (exact) mass is 242 g/mol. The maximum absolute atomic E-state index is 11.3. The summed E-state index contributed by atoms with van der Waals surface area (Å²) < 4.78 is 5.23. The van der Waals surface area contributed by atoms with Gasteiger partial charge in [-0.15, -0.1) is 0 Å². The van der Waals surface area contributed by atoms with E-state index in [9.17, 15) is 4.79 Å². The molecule has 0 saturated carbocycles. The number of hydrogen-bond acceptors (Lipinski definition) is 2. The quantitative estimate of drug-likeness (QED) is 0.552. The van der Waals surface area contributed by atoms with E-state index in [-0.39, 0.29) is 5.41 Å². The zero-order valence-corrected chi connectivity index (χ0v) is 10.9. The molecule has 0 fully saturated rings. The van der Waals surface area contributed by atoms with Gasteiger partial charge in [-0.25, -0.2) is 4.79 Å². The third-order valence-electron chi connectivity index (χ3n) is 2.80. The number of carbonyl (C=O) groups excluding carboxylic acids is 1. The summed E-state index contributed by atoms with van der Waals surface area (Å²) in [6, 6.07) is 0. The molecule has 0 radical (unpaired) electrons. The predicted molar refractivity (Wildman–Crippen MR) is 74.7 cm³/mol. The van der Waals surface area contributed by atoms with Crippen LogP contribution in [0.5, 0.6) is 0 Å². The topological polar surface area (TPSA) is 26.3 Å². The minimum absolute atomic E-state index is 0.190. The third kappa shape index (κ3) is 2.77. The second-order valence-electron chi connectivity index (χ2n) is 4.47. The highest BCUT2D eigenvalue weighted by Crippen LogP contribution is 2.36. The first-order valence-electron chi connectivity index (χ1n) is 5.70. The van der Waals surface area contributed by atoms with E-state index in [0.717, 1.165) is 17.2 Å². The van der Waals surface area contributed by atoms with Crippen molar-refractivity contribution in [3.05, 3.63) is 73.1 Å². The fourth-order valence-electron chi connectivity index (χ4n) is 1.86. The maximum Gasteiger partial charge on any atom is 0.335 e. The van der Waals surface area contributed by atoms with Crippen LogP contribution in [0.3, 0.4) is 0 Å². The minimum Gasteiger partial charge on any atom is -0.423 e. The summed E-state index contributed by atoms with van der Waals surface area (Å²) in [5.74, 6) is -0.0243. The Bertz CT molecular complexity index is 485. The van der Waals surface area contributed by atoms with E-state index < -0.39 is 5.97 Å². The van der Waals surface area contributed by atoms with Crippen molar-refractivity contribution < 1.29 is 9.53 Å². The Balaban J connectivity index is 3.34. The molecular formula is C16H18O2. The average molecular weight is 242 g/mol. The molecular weight excluding hydrogens is 224 g/mol. The Labute approximate surface area is 108 Å². The number of allylic oxidation sites excluding steroid dienone is 6. The van der Waals surface area contributed by atoms with Crippen LogP contribution in [0, 0.1) is 5.41 Å². The first-order valence-corrected chi connectivity index (χ1v) is 5.70. The molecule has 2 nitrogen and oxygen atoms in total. The zero-order valence-electron chi connectivity index (χ0n) is 10.9. The van der Waals surface area contributed by atoms with Crippen LogP contribution in [-0.4, -0.2) is 5.97 Å². The lowest BCUT2D eigenvalue weighted by atomic mass is 9.81. The third-order valence-corrected chi connectivity index (χ3v) is 2.80. The van der Waals surface area contributed by atoms with Crippen molar-refractivity contribution in [3.63, 3.8) is 0 Å². The first kappa shape index (κ1) is 14.0. The molecule has 0 saturated heterocycles. The van der Waals surface area contributed by atoms with Crippen LogP contribution in [0.1, 0.15) is 13.8 Å². The van der Waals surface area contributed by atoms with Gasteiger partial charge >= 0.3 is 5.97 Å².